The molecule has 3 rings (SSSR count). The van der Waals surface area contributed by atoms with Crippen molar-refractivity contribution in [3.63, 3.8) is 0 Å². The topological polar surface area (TPSA) is 83.9 Å². The smallest absolute Gasteiger partial charge is 0.243 e. The summed E-state index contributed by atoms with van der Waals surface area (Å²) >= 11 is 0. The van der Waals surface area contributed by atoms with Crippen LogP contribution in [0.4, 0.5) is 5.69 Å². The van der Waals surface area contributed by atoms with Crippen molar-refractivity contribution in [3.05, 3.63) is 41.5 Å². The molecular formula is C17H24N6O. The summed E-state index contributed by atoms with van der Waals surface area (Å²) in [6, 6.07) is 3.95. The molecular weight excluding hydrogens is 304 g/mol. The number of nitrogens with one attached hydrogen (secondary N) is 3. The Morgan fingerprint density at radius 3 is 2.79 bits per heavy atom. The van der Waals surface area contributed by atoms with E-state index in [4.69, 9.17) is 0 Å². The van der Waals surface area contributed by atoms with Gasteiger partial charge in [0.25, 0.3) is 0 Å². The van der Waals surface area contributed by atoms with E-state index in [2.05, 4.69) is 40.1 Å². The lowest BCUT2D eigenvalue weighted by Crippen LogP contribution is -2.39. The van der Waals surface area contributed by atoms with Crippen molar-refractivity contribution in [2.45, 2.75) is 52.2 Å². The van der Waals surface area contributed by atoms with Crippen LogP contribution in [0.15, 0.2) is 24.5 Å². The number of rotatable bonds is 4. The van der Waals surface area contributed by atoms with Crippen molar-refractivity contribution in [1.82, 2.24) is 25.6 Å². The van der Waals surface area contributed by atoms with Gasteiger partial charge in [-0.15, -0.1) is 0 Å². The summed E-state index contributed by atoms with van der Waals surface area (Å²) in [5.41, 5.74) is 9.94. The van der Waals surface area contributed by atoms with E-state index in [-0.39, 0.29) is 24.0 Å². The summed E-state index contributed by atoms with van der Waals surface area (Å²) in [6.07, 6.45) is 4.24. The van der Waals surface area contributed by atoms with Gasteiger partial charge < -0.3 is 5.32 Å². The Labute approximate surface area is 141 Å². The fourth-order valence-corrected chi connectivity index (χ4v) is 3.09. The van der Waals surface area contributed by atoms with Gasteiger partial charge in [0.2, 0.25) is 5.91 Å². The van der Waals surface area contributed by atoms with E-state index in [0.29, 0.717) is 6.42 Å². The average molecular weight is 328 g/mol. The van der Waals surface area contributed by atoms with Gasteiger partial charge >= 0.3 is 0 Å². The number of nitrogens with zero attached hydrogens (tertiary/aromatic N) is 3. The van der Waals surface area contributed by atoms with Crippen LogP contribution in [0.25, 0.3) is 0 Å². The highest BCUT2D eigenvalue weighted by Gasteiger charge is 2.31. The first kappa shape index (κ1) is 16.6. The summed E-state index contributed by atoms with van der Waals surface area (Å²) in [6.45, 7) is 8.05. The van der Waals surface area contributed by atoms with Crippen LogP contribution in [0, 0.1) is 13.8 Å². The van der Waals surface area contributed by atoms with Crippen molar-refractivity contribution in [2.24, 2.45) is 0 Å². The van der Waals surface area contributed by atoms with E-state index in [9.17, 15) is 4.79 Å². The van der Waals surface area contributed by atoms with Crippen LogP contribution in [-0.2, 0) is 4.79 Å². The predicted molar refractivity (Wildman–Crippen MR) is 92.4 cm³/mol. The molecule has 2 unspecified atom stereocenters. The van der Waals surface area contributed by atoms with Gasteiger partial charge in [0.05, 0.1) is 17.1 Å². The van der Waals surface area contributed by atoms with Gasteiger partial charge in [-0.3, -0.25) is 14.5 Å². The number of aryl methyl sites for hydroxylation is 1. The third kappa shape index (κ3) is 3.18. The van der Waals surface area contributed by atoms with Crippen LogP contribution in [0.3, 0.4) is 0 Å². The van der Waals surface area contributed by atoms with Gasteiger partial charge in [0.1, 0.15) is 6.04 Å². The van der Waals surface area contributed by atoms with Crippen LogP contribution in [0.2, 0.25) is 0 Å². The fraction of sp³-hybridized carbons (Fsp3) is 0.471. The highest BCUT2D eigenvalue weighted by Crippen LogP contribution is 2.25. The normalized spacial score (nSPS) is 20.5. The second kappa shape index (κ2) is 6.70. The Morgan fingerprint density at radius 2 is 2.17 bits per heavy atom. The maximum absolute atomic E-state index is 12.6. The molecule has 1 aliphatic rings. The van der Waals surface area contributed by atoms with Crippen molar-refractivity contribution in [3.8, 4) is 0 Å². The monoisotopic (exact) mass is 328 g/mol. The Hall–Kier alpha value is -2.25. The maximum atomic E-state index is 12.6. The van der Waals surface area contributed by atoms with Gasteiger partial charge in [0, 0.05) is 24.5 Å². The summed E-state index contributed by atoms with van der Waals surface area (Å²) in [5.74, 6) is -0.0524. The maximum Gasteiger partial charge on any atom is 0.243 e. The molecule has 3 heterocycles. The predicted octanol–water partition coefficient (Wildman–Crippen LogP) is 2.02. The fourth-order valence-electron chi connectivity index (χ4n) is 3.09. The molecule has 0 saturated carbocycles. The lowest BCUT2D eigenvalue weighted by atomic mass is 10.0. The number of hydrogen-bond donors (Lipinski definition) is 3. The lowest BCUT2D eigenvalue weighted by Gasteiger charge is -2.12. The Balaban J connectivity index is 1.68. The summed E-state index contributed by atoms with van der Waals surface area (Å²) < 4.78 is 1.93. The molecule has 2 aromatic rings. The number of carbonyl (C=O) groups excluding carboxylic acids is 1. The Kier molecular flexibility index (Phi) is 4.64. The summed E-state index contributed by atoms with van der Waals surface area (Å²) in [4.78, 5) is 16.7. The van der Waals surface area contributed by atoms with Gasteiger partial charge in [-0.25, -0.2) is 10.9 Å². The second-order valence-corrected chi connectivity index (χ2v) is 6.49. The van der Waals surface area contributed by atoms with E-state index in [0.717, 1.165) is 22.6 Å². The number of anilines is 1. The van der Waals surface area contributed by atoms with Gasteiger partial charge in [-0.05, 0) is 45.7 Å². The minimum Gasteiger partial charge on any atom is -0.322 e. The van der Waals surface area contributed by atoms with Crippen molar-refractivity contribution in [1.29, 1.82) is 0 Å². The Bertz CT molecular complexity index is 724. The number of carbonyl (C=O) groups is 1. The third-order valence-corrected chi connectivity index (χ3v) is 4.37. The molecule has 7 heteroatoms. The van der Waals surface area contributed by atoms with Crippen molar-refractivity contribution in [2.75, 3.05) is 5.32 Å². The zero-order valence-electron chi connectivity index (χ0n) is 14.5. The standard InChI is InChI=1S/C17H24N6O/c1-10(2)23-12(4)16(11(3)22-23)19-17(24)15-8-14(20-21-15)13-6-5-7-18-9-13/h5-7,9-10,14-15,20-21H,8H2,1-4H3,(H,19,24). The lowest BCUT2D eigenvalue weighted by molar-refractivity contribution is -0.117. The first-order valence-corrected chi connectivity index (χ1v) is 8.25. The molecule has 0 radical (unpaired) electrons. The zero-order chi connectivity index (χ0) is 17.3. The molecule has 1 saturated heterocycles. The van der Waals surface area contributed by atoms with Crippen LogP contribution >= 0.6 is 0 Å². The minimum absolute atomic E-state index is 0.0524. The molecule has 0 spiro atoms. The van der Waals surface area contributed by atoms with Crippen LogP contribution in [-0.4, -0.2) is 26.7 Å². The van der Waals surface area contributed by atoms with Crippen molar-refractivity contribution < 1.29 is 4.79 Å². The van der Waals surface area contributed by atoms with Crippen molar-refractivity contribution >= 4 is 11.6 Å². The van der Waals surface area contributed by atoms with Crippen LogP contribution in [0.5, 0.6) is 0 Å². The molecule has 0 aliphatic carbocycles. The second-order valence-electron chi connectivity index (χ2n) is 6.49. The van der Waals surface area contributed by atoms with E-state index >= 15 is 0 Å². The zero-order valence-corrected chi connectivity index (χ0v) is 14.5. The minimum atomic E-state index is -0.295. The molecule has 2 aromatic heterocycles. The van der Waals surface area contributed by atoms with Gasteiger partial charge in [-0.1, -0.05) is 6.07 Å². The molecule has 0 aromatic carbocycles. The first-order valence-electron chi connectivity index (χ1n) is 8.25. The highest BCUT2D eigenvalue weighted by molar-refractivity contribution is 5.96. The van der Waals surface area contributed by atoms with Gasteiger partial charge in [-0.2, -0.15) is 5.10 Å². The molecule has 128 valence electrons. The number of hydrazine groups is 1. The average Bonchev–Trinajstić information content (AvgIpc) is 3.16. The molecule has 1 aliphatic heterocycles. The van der Waals surface area contributed by atoms with E-state index in [1.54, 1.807) is 6.20 Å². The number of pyridine rings is 1. The van der Waals surface area contributed by atoms with E-state index < -0.39 is 0 Å². The largest absolute Gasteiger partial charge is 0.322 e. The molecule has 2 atom stereocenters. The highest BCUT2D eigenvalue weighted by atomic mass is 16.2. The van der Waals surface area contributed by atoms with Crippen LogP contribution in [0.1, 0.15) is 49.3 Å². The molecule has 24 heavy (non-hydrogen) atoms. The van der Waals surface area contributed by atoms with Gasteiger partial charge in [0.15, 0.2) is 0 Å². The molecule has 0 bridgehead atoms. The third-order valence-electron chi connectivity index (χ3n) is 4.37. The van der Waals surface area contributed by atoms with Crippen LogP contribution < -0.4 is 16.2 Å². The number of hydrogen-bond acceptors (Lipinski definition) is 5. The molecule has 7 nitrogen and oxygen atoms in total. The first-order chi connectivity index (χ1) is 11.5. The molecule has 1 fully saturated rings. The number of aromatic nitrogens is 3. The number of amides is 1. The SMILES string of the molecule is Cc1nn(C(C)C)c(C)c1NC(=O)C1CC(c2cccnc2)NN1. The quantitative estimate of drug-likeness (QED) is 0.800. The molecule has 1 amide bonds. The molecule has 3 N–H and O–H groups in total. The van der Waals surface area contributed by atoms with E-state index in [1.807, 2.05) is 36.9 Å². The Morgan fingerprint density at radius 1 is 1.38 bits per heavy atom. The van der Waals surface area contributed by atoms with E-state index in [1.165, 1.54) is 0 Å². The summed E-state index contributed by atoms with van der Waals surface area (Å²) in [5, 5.41) is 7.54. The summed E-state index contributed by atoms with van der Waals surface area (Å²) in [7, 11) is 0.